The average Bonchev–Trinajstić information content (AvgIpc) is 3.17. The van der Waals surface area contributed by atoms with Gasteiger partial charge < -0.3 is 21.5 Å². The molecule has 0 radical (unpaired) electrons. The minimum Gasteiger partial charge on any atom is -0.390 e. The number of aliphatic hydroxyl groups is 1. The van der Waals surface area contributed by atoms with E-state index < -0.39 is 12.1 Å². The van der Waals surface area contributed by atoms with Crippen molar-refractivity contribution in [3.8, 4) is 0 Å². The number of hydrogen-bond acceptors (Lipinski definition) is 5. The van der Waals surface area contributed by atoms with Gasteiger partial charge in [-0.05, 0) is 42.8 Å². The summed E-state index contributed by atoms with van der Waals surface area (Å²) in [5.74, 6) is -0.454. The maximum absolute atomic E-state index is 12.8. The fourth-order valence-electron chi connectivity index (χ4n) is 3.75. The first-order valence-corrected chi connectivity index (χ1v) is 10.1. The summed E-state index contributed by atoms with van der Waals surface area (Å²) in [6, 6.07) is 13.1. The van der Waals surface area contributed by atoms with E-state index >= 15 is 0 Å². The molecular weight excluding hydrogens is 404 g/mol. The molecule has 3 rings (SSSR count). The monoisotopic (exact) mass is 434 g/mol. The molecule has 2 aromatic rings. The van der Waals surface area contributed by atoms with Crippen LogP contribution in [0.1, 0.15) is 18.4 Å². The molecule has 1 aliphatic rings. The lowest BCUT2D eigenvalue weighted by Gasteiger charge is -2.24. The zero-order chi connectivity index (χ0) is 20.8. The van der Waals surface area contributed by atoms with Gasteiger partial charge in [0, 0.05) is 19.5 Å². The normalized spacial score (nSPS) is 18.4. The average molecular weight is 435 g/mol. The van der Waals surface area contributed by atoms with Crippen molar-refractivity contribution in [1.29, 1.82) is 0 Å². The minimum atomic E-state index is -0.808. The van der Waals surface area contributed by atoms with E-state index in [1.54, 1.807) is 0 Å². The summed E-state index contributed by atoms with van der Waals surface area (Å²) in [4.78, 5) is 27.5. The number of halogens is 1. The van der Waals surface area contributed by atoms with Crippen molar-refractivity contribution in [2.45, 2.75) is 37.5 Å². The van der Waals surface area contributed by atoms with Gasteiger partial charge in [0.25, 0.3) is 0 Å². The summed E-state index contributed by atoms with van der Waals surface area (Å²) in [6.07, 6.45) is 1.33. The Morgan fingerprint density at radius 1 is 1.23 bits per heavy atom. The Bertz CT molecular complexity index is 863. The molecule has 2 amide bonds. The molecule has 0 aromatic heterocycles. The maximum atomic E-state index is 12.8. The van der Waals surface area contributed by atoms with Crippen LogP contribution >= 0.6 is 12.4 Å². The van der Waals surface area contributed by atoms with Crippen LogP contribution in [0.3, 0.4) is 0 Å². The molecule has 1 saturated heterocycles. The molecule has 30 heavy (non-hydrogen) atoms. The topological polar surface area (TPSA) is 108 Å². The number of likely N-dealkylation sites (tertiary alicyclic amines) is 1. The second-order valence-electron chi connectivity index (χ2n) is 7.72. The van der Waals surface area contributed by atoms with E-state index in [9.17, 15) is 14.7 Å². The molecule has 1 heterocycles. The van der Waals surface area contributed by atoms with E-state index in [1.165, 1.54) is 0 Å². The molecule has 1 fully saturated rings. The standard InChI is InChI=1S/C22H30N4O3.ClH/c1-26-10-4-7-20(26)22(29)25-19(21(28)24-14-18(27)13-23)12-15-8-9-16-5-2-3-6-17(16)11-15;/h2-3,5-6,8-9,11,18-20,27H,4,7,10,12-14,23H2,1H3,(H,24,28)(H,25,29);1H/t18?,19-,20?;/m1./s1. The molecule has 0 spiro atoms. The quantitative estimate of drug-likeness (QED) is 0.492. The van der Waals surface area contributed by atoms with Crippen molar-refractivity contribution in [2.24, 2.45) is 5.73 Å². The number of amides is 2. The van der Waals surface area contributed by atoms with E-state index in [-0.39, 0.29) is 43.4 Å². The maximum Gasteiger partial charge on any atom is 0.243 e. The van der Waals surface area contributed by atoms with Gasteiger partial charge in [-0.3, -0.25) is 14.5 Å². The molecule has 164 valence electrons. The zero-order valence-corrected chi connectivity index (χ0v) is 18.0. The summed E-state index contributed by atoms with van der Waals surface area (Å²) >= 11 is 0. The van der Waals surface area contributed by atoms with E-state index in [4.69, 9.17) is 5.73 Å². The molecule has 8 heteroatoms. The molecule has 1 aliphatic heterocycles. The second kappa shape index (κ2) is 11.3. The highest BCUT2D eigenvalue weighted by Gasteiger charge is 2.31. The lowest BCUT2D eigenvalue weighted by Crippen LogP contribution is -2.53. The second-order valence-corrected chi connectivity index (χ2v) is 7.72. The Labute approximate surface area is 183 Å². The van der Waals surface area contributed by atoms with E-state index in [0.717, 1.165) is 35.7 Å². The van der Waals surface area contributed by atoms with Gasteiger partial charge in [0.15, 0.2) is 0 Å². The molecule has 5 N–H and O–H groups in total. The molecule has 2 aromatic carbocycles. The van der Waals surface area contributed by atoms with Gasteiger partial charge in [-0.15, -0.1) is 12.4 Å². The molecule has 0 saturated carbocycles. The zero-order valence-electron chi connectivity index (χ0n) is 17.2. The van der Waals surface area contributed by atoms with Crippen molar-refractivity contribution in [3.63, 3.8) is 0 Å². The lowest BCUT2D eigenvalue weighted by atomic mass is 10.0. The summed E-state index contributed by atoms with van der Waals surface area (Å²) in [5, 5.41) is 17.5. The molecule has 2 unspecified atom stereocenters. The van der Waals surface area contributed by atoms with Crippen molar-refractivity contribution >= 4 is 35.0 Å². The Kier molecular flexibility index (Phi) is 9.05. The van der Waals surface area contributed by atoms with Crippen LogP contribution in [0.4, 0.5) is 0 Å². The first-order chi connectivity index (χ1) is 14.0. The molecule has 3 atom stereocenters. The van der Waals surface area contributed by atoms with Crippen LogP contribution in [0.15, 0.2) is 42.5 Å². The SMILES string of the molecule is CN1CCCC1C(=O)N[C@H](Cc1ccc2ccccc2c1)C(=O)NCC(O)CN.Cl. The van der Waals surface area contributed by atoms with Crippen LogP contribution < -0.4 is 16.4 Å². The van der Waals surface area contributed by atoms with Crippen LogP contribution in [-0.2, 0) is 16.0 Å². The Morgan fingerprint density at radius 2 is 1.97 bits per heavy atom. The van der Waals surface area contributed by atoms with Crippen LogP contribution in [0.5, 0.6) is 0 Å². The number of rotatable bonds is 8. The van der Waals surface area contributed by atoms with Crippen LogP contribution in [0, 0.1) is 0 Å². The Hall–Kier alpha value is -2.19. The third kappa shape index (κ3) is 6.15. The predicted octanol–water partition coefficient (Wildman–Crippen LogP) is 0.819. The molecule has 7 nitrogen and oxygen atoms in total. The van der Waals surface area contributed by atoms with Gasteiger partial charge in [0.2, 0.25) is 11.8 Å². The third-order valence-electron chi connectivity index (χ3n) is 5.49. The van der Waals surface area contributed by atoms with E-state index in [2.05, 4.69) is 10.6 Å². The highest BCUT2D eigenvalue weighted by molar-refractivity contribution is 5.90. The van der Waals surface area contributed by atoms with Crippen molar-refractivity contribution in [2.75, 3.05) is 26.7 Å². The van der Waals surface area contributed by atoms with Crippen LogP contribution in [0.2, 0.25) is 0 Å². The smallest absolute Gasteiger partial charge is 0.243 e. The largest absolute Gasteiger partial charge is 0.390 e. The number of aliphatic hydroxyl groups excluding tert-OH is 1. The number of hydrogen-bond donors (Lipinski definition) is 4. The minimum absolute atomic E-state index is 0. The number of carbonyl (C=O) groups excluding carboxylic acids is 2. The summed E-state index contributed by atoms with van der Waals surface area (Å²) in [5.41, 5.74) is 6.37. The molecule has 0 aliphatic carbocycles. The van der Waals surface area contributed by atoms with Gasteiger partial charge in [-0.25, -0.2) is 0 Å². The van der Waals surface area contributed by atoms with Gasteiger partial charge in [0.1, 0.15) is 6.04 Å². The molecular formula is C22H31ClN4O3. The first-order valence-electron chi connectivity index (χ1n) is 10.1. The number of likely N-dealkylation sites (N-methyl/N-ethyl adjacent to an activating group) is 1. The summed E-state index contributed by atoms with van der Waals surface area (Å²) in [6.45, 7) is 1.000. The predicted molar refractivity (Wildman–Crippen MR) is 121 cm³/mol. The van der Waals surface area contributed by atoms with E-state index in [1.807, 2.05) is 54.4 Å². The summed E-state index contributed by atoms with van der Waals surface area (Å²) < 4.78 is 0. The van der Waals surface area contributed by atoms with Crippen molar-refractivity contribution in [1.82, 2.24) is 15.5 Å². The highest BCUT2D eigenvalue weighted by atomic mass is 35.5. The van der Waals surface area contributed by atoms with Gasteiger partial charge in [0.05, 0.1) is 12.1 Å². The fourth-order valence-corrected chi connectivity index (χ4v) is 3.75. The van der Waals surface area contributed by atoms with Crippen LogP contribution in [0.25, 0.3) is 10.8 Å². The number of carbonyl (C=O) groups is 2. The number of fused-ring (bicyclic) bond motifs is 1. The summed E-state index contributed by atoms with van der Waals surface area (Å²) in [7, 11) is 1.92. The Balaban J connectivity index is 0.00000320. The fraction of sp³-hybridized carbons (Fsp3) is 0.455. The Morgan fingerprint density at radius 3 is 2.63 bits per heavy atom. The van der Waals surface area contributed by atoms with Gasteiger partial charge in [-0.2, -0.15) is 0 Å². The number of nitrogens with two attached hydrogens (primary N) is 1. The van der Waals surface area contributed by atoms with Crippen molar-refractivity contribution < 1.29 is 14.7 Å². The van der Waals surface area contributed by atoms with Crippen LogP contribution in [-0.4, -0.2) is 66.7 Å². The van der Waals surface area contributed by atoms with Crippen molar-refractivity contribution in [3.05, 3.63) is 48.0 Å². The van der Waals surface area contributed by atoms with E-state index in [0.29, 0.717) is 6.42 Å². The third-order valence-corrected chi connectivity index (χ3v) is 5.49. The number of benzene rings is 2. The van der Waals surface area contributed by atoms with Gasteiger partial charge >= 0.3 is 0 Å². The number of nitrogens with zero attached hydrogens (tertiary/aromatic N) is 1. The highest BCUT2D eigenvalue weighted by Crippen LogP contribution is 2.18. The molecule has 0 bridgehead atoms. The van der Waals surface area contributed by atoms with Gasteiger partial charge in [-0.1, -0.05) is 42.5 Å². The first kappa shape index (κ1) is 24.1. The lowest BCUT2D eigenvalue weighted by molar-refractivity contribution is -0.131. The number of nitrogens with one attached hydrogen (secondary N) is 2.